The van der Waals surface area contributed by atoms with Gasteiger partial charge in [0.15, 0.2) is 10.9 Å². The largest absolute Gasteiger partial charge is 0.468 e. The van der Waals surface area contributed by atoms with Crippen LogP contribution in [0.1, 0.15) is 25.6 Å². The minimum atomic E-state index is -0.157. The van der Waals surface area contributed by atoms with Crippen LogP contribution >= 0.6 is 11.3 Å². The average molecular weight is 465 g/mol. The number of ether oxygens (including phenoxy) is 1. The first-order valence-electron chi connectivity index (χ1n) is 10.8. The summed E-state index contributed by atoms with van der Waals surface area (Å²) in [6.07, 6.45) is 3.24. The Morgan fingerprint density at radius 1 is 1.18 bits per heavy atom. The van der Waals surface area contributed by atoms with E-state index in [1.54, 1.807) is 6.26 Å². The second-order valence-corrected chi connectivity index (χ2v) is 8.86. The van der Waals surface area contributed by atoms with Gasteiger partial charge in [-0.2, -0.15) is 0 Å². The molecule has 0 spiro atoms. The highest BCUT2D eigenvalue weighted by Crippen LogP contribution is 2.34. The zero-order valence-corrected chi connectivity index (χ0v) is 19.2. The standard InChI is InChI=1S/C23H24N6O3S/c1-15(17-6-4-12-31-17)28-8-10-29(11-9-28)20-13-21(25-14-24-20)32-18-5-3-7-19-22(18)27-23(33-19)26-16(2)30/h3-7,12-15H,8-11H2,1-2H3,(H,26,27,30)/t15-/m0/s1. The van der Waals surface area contributed by atoms with E-state index < -0.39 is 0 Å². The van der Waals surface area contributed by atoms with Gasteiger partial charge in [-0.25, -0.2) is 15.0 Å². The summed E-state index contributed by atoms with van der Waals surface area (Å²) >= 11 is 1.40. The highest BCUT2D eigenvalue weighted by molar-refractivity contribution is 7.22. The number of furan rings is 1. The molecule has 4 heterocycles. The number of anilines is 2. The molecular weight excluding hydrogens is 440 g/mol. The van der Waals surface area contributed by atoms with Crippen molar-refractivity contribution in [1.29, 1.82) is 0 Å². The Morgan fingerprint density at radius 2 is 2.03 bits per heavy atom. The number of hydrogen-bond acceptors (Lipinski definition) is 9. The van der Waals surface area contributed by atoms with Crippen molar-refractivity contribution in [1.82, 2.24) is 19.9 Å². The van der Waals surface area contributed by atoms with Crippen molar-refractivity contribution in [3.63, 3.8) is 0 Å². The van der Waals surface area contributed by atoms with E-state index in [0.29, 0.717) is 22.3 Å². The first-order valence-corrected chi connectivity index (χ1v) is 11.6. The van der Waals surface area contributed by atoms with Crippen LogP contribution < -0.4 is 15.0 Å². The van der Waals surface area contributed by atoms with Crippen LogP contribution in [0.2, 0.25) is 0 Å². The molecule has 1 amide bonds. The van der Waals surface area contributed by atoms with Crippen LogP contribution in [0.4, 0.5) is 10.9 Å². The fourth-order valence-corrected chi connectivity index (χ4v) is 4.86. The number of nitrogens with one attached hydrogen (secondary N) is 1. The lowest BCUT2D eigenvalue weighted by Crippen LogP contribution is -2.47. The molecule has 1 fully saturated rings. The third kappa shape index (κ3) is 4.67. The Balaban J connectivity index is 1.28. The van der Waals surface area contributed by atoms with E-state index in [4.69, 9.17) is 9.15 Å². The summed E-state index contributed by atoms with van der Waals surface area (Å²) in [4.78, 5) is 29.3. The Kier molecular flexibility index (Phi) is 5.93. The number of carbonyl (C=O) groups excluding carboxylic acids is 1. The molecule has 1 saturated heterocycles. The molecule has 33 heavy (non-hydrogen) atoms. The minimum Gasteiger partial charge on any atom is -0.468 e. The number of thiazole rings is 1. The zero-order valence-electron chi connectivity index (χ0n) is 18.4. The van der Waals surface area contributed by atoms with Gasteiger partial charge in [-0.15, -0.1) is 0 Å². The molecule has 1 aromatic carbocycles. The molecule has 1 atom stereocenters. The van der Waals surface area contributed by atoms with Gasteiger partial charge in [0.1, 0.15) is 23.4 Å². The van der Waals surface area contributed by atoms with Gasteiger partial charge in [-0.05, 0) is 31.2 Å². The average Bonchev–Trinajstić information content (AvgIpc) is 3.49. The van der Waals surface area contributed by atoms with Gasteiger partial charge in [0.2, 0.25) is 11.8 Å². The SMILES string of the molecule is CC(=O)Nc1nc2c(Oc3cc(N4CCN([C@@H](C)c5ccco5)CC4)ncn3)cccc2s1. The van der Waals surface area contributed by atoms with Crippen LogP contribution in [0.15, 0.2) is 53.4 Å². The lowest BCUT2D eigenvalue weighted by Gasteiger charge is -2.37. The number of amides is 1. The van der Waals surface area contributed by atoms with Crippen LogP contribution in [-0.2, 0) is 4.79 Å². The first-order chi connectivity index (χ1) is 16.1. The molecule has 0 radical (unpaired) electrons. The Bertz CT molecular complexity index is 1250. The lowest BCUT2D eigenvalue weighted by molar-refractivity contribution is -0.114. The number of hydrogen-bond donors (Lipinski definition) is 1. The highest BCUT2D eigenvalue weighted by atomic mass is 32.1. The second kappa shape index (κ2) is 9.16. The molecule has 170 valence electrons. The van der Waals surface area contributed by atoms with E-state index in [9.17, 15) is 4.79 Å². The number of fused-ring (bicyclic) bond motifs is 1. The van der Waals surface area contributed by atoms with E-state index in [1.165, 1.54) is 24.6 Å². The highest BCUT2D eigenvalue weighted by Gasteiger charge is 2.24. The summed E-state index contributed by atoms with van der Waals surface area (Å²) in [6, 6.07) is 11.7. The molecule has 1 N–H and O–H groups in total. The van der Waals surface area contributed by atoms with Crippen molar-refractivity contribution in [2.45, 2.75) is 19.9 Å². The topological polar surface area (TPSA) is 96.6 Å². The molecule has 0 unspecified atom stereocenters. The molecule has 0 bridgehead atoms. The van der Waals surface area contributed by atoms with Crippen LogP contribution in [0.25, 0.3) is 10.2 Å². The number of para-hydroxylation sites is 1. The van der Waals surface area contributed by atoms with E-state index in [2.05, 4.69) is 37.0 Å². The molecule has 3 aromatic heterocycles. The third-order valence-electron chi connectivity index (χ3n) is 5.65. The van der Waals surface area contributed by atoms with Gasteiger partial charge in [-0.3, -0.25) is 9.69 Å². The monoisotopic (exact) mass is 464 g/mol. The van der Waals surface area contributed by atoms with E-state index >= 15 is 0 Å². The number of benzene rings is 1. The fourth-order valence-electron chi connectivity index (χ4n) is 3.93. The van der Waals surface area contributed by atoms with Crippen molar-refractivity contribution < 1.29 is 13.9 Å². The number of carbonyl (C=O) groups is 1. The van der Waals surface area contributed by atoms with E-state index in [-0.39, 0.29) is 11.9 Å². The predicted molar refractivity (Wildman–Crippen MR) is 127 cm³/mol. The maximum atomic E-state index is 11.4. The van der Waals surface area contributed by atoms with Crippen molar-refractivity contribution in [2.75, 3.05) is 36.4 Å². The molecule has 4 aromatic rings. The van der Waals surface area contributed by atoms with Crippen molar-refractivity contribution in [2.24, 2.45) is 0 Å². The fraction of sp³-hybridized carbons (Fsp3) is 0.304. The van der Waals surface area contributed by atoms with E-state index in [1.807, 2.05) is 36.4 Å². The van der Waals surface area contributed by atoms with Crippen molar-refractivity contribution in [3.05, 3.63) is 54.7 Å². The van der Waals surface area contributed by atoms with E-state index in [0.717, 1.165) is 42.5 Å². The van der Waals surface area contributed by atoms with Gasteiger partial charge < -0.3 is 19.4 Å². The molecule has 0 aliphatic carbocycles. The van der Waals surface area contributed by atoms with Gasteiger partial charge in [0.25, 0.3) is 0 Å². The van der Waals surface area contributed by atoms with Crippen molar-refractivity contribution in [3.8, 4) is 11.6 Å². The van der Waals surface area contributed by atoms with Gasteiger partial charge in [-0.1, -0.05) is 17.4 Å². The van der Waals surface area contributed by atoms with Crippen LogP contribution in [0.3, 0.4) is 0 Å². The summed E-state index contributed by atoms with van der Waals surface area (Å²) in [5, 5.41) is 3.27. The predicted octanol–water partition coefficient (Wildman–Crippen LogP) is 4.31. The van der Waals surface area contributed by atoms with Gasteiger partial charge >= 0.3 is 0 Å². The summed E-state index contributed by atoms with van der Waals surface area (Å²) in [6.45, 7) is 7.15. The molecule has 5 rings (SSSR count). The van der Waals surface area contributed by atoms with Crippen LogP contribution in [-0.4, -0.2) is 51.9 Å². The summed E-state index contributed by atoms with van der Waals surface area (Å²) < 4.78 is 12.6. The molecule has 10 heteroatoms. The molecule has 1 aliphatic heterocycles. The second-order valence-electron chi connectivity index (χ2n) is 7.83. The van der Waals surface area contributed by atoms with Gasteiger partial charge in [0.05, 0.1) is 17.0 Å². The summed E-state index contributed by atoms with van der Waals surface area (Å²) in [7, 11) is 0. The summed E-state index contributed by atoms with van der Waals surface area (Å²) in [5.74, 6) is 2.69. The molecule has 9 nitrogen and oxygen atoms in total. The molecular formula is C23H24N6O3S. The Labute approximate surface area is 195 Å². The summed E-state index contributed by atoms with van der Waals surface area (Å²) in [5.41, 5.74) is 0.687. The number of aromatic nitrogens is 3. The smallest absolute Gasteiger partial charge is 0.224 e. The number of nitrogens with zero attached hydrogens (tertiary/aromatic N) is 5. The number of piperazine rings is 1. The first kappa shape index (κ1) is 21.4. The maximum absolute atomic E-state index is 11.4. The number of rotatable bonds is 6. The van der Waals surface area contributed by atoms with Gasteiger partial charge in [0, 0.05) is 39.2 Å². The van der Waals surface area contributed by atoms with Crippen LogP contribution in [0.5, 0.6) is 11.6 Å². The Hall–Kier alpha value is -3.50. The molecule has 1 aliphatic rings. The normalized spacial score (nSPS) is 15.5. The quantitative estimate of drug-likeness (QED) is 0.451. The lowest BCUT2D eigenvalue weighted by atomic mass is 10.2. The minimum absolute atomic E-state index is 0.157. The Morgan fingerprint density at radius 3 is 2.79 bits per heavy atom. The molecule has 0 saturated carbocycles. The maximum Gasteiger partial charge on any atom is 0.224 e. The zero-order chi connectivity index (χ0) is 22.8. The van der Waals surface area contributed by atoms with Crippen molar-refractivity contribution >= 4 is 38.4 Å². The third-order valence-corrected chi connectivity index (χ3v) is 6.58. The van der Waals surface area contributed by atoms with Crippen LogP contribution in [0, 0.1) is 0 Å².